The average Bonchev–Trinajstić information content (AvgIpc) is 1.89. The number of aliphatic hydroxyl groups is 1. The van der Waals surface area contributed by atoms with Crippen LogP contribution >= 0.6 is 12.0 Å². The predicted octanol–water partition coefficient (Wildman–Crippen LogP) is 1.05. The maximum absolute atomic E-state index is 8.77. The Morgan fingerprint density at radius 3 is 3.00 bits per heavy atom. The highest BCUT2D eigenvalue weighted by Gasteiger charge is 2.21. The topological polar surface area (TPSA) is 29.5 Å². The maximum atomic E-state index is 8.77. The van der Waals surface area contributed by atoms with E-state index in [4.69, 9.17) is 9.29 Å². The first-order chi connectivity index (χ1) is 4.34. The Morgan fingerprint density at radius 2 is 2.56 bits per heavy atom. The molecule has 0 aromatic heterocycles. The minimum Gasteiger partial charge on any atom is -0.396 e. The fourth-order valence-corrected chi connectivity index (χ4v) is 1.77. The minimum atomic E-state index is 0.230. The van der Waals surface area contributed by atoms with E-state index in [2.05, 4.69) is 0 Å². The van der Waals surface area contributed by atoms with Crippen LogP contribution < -0.4 is 0 Å². The van der Waals surface area contributed by atoms with Gasteiger partial charge in [-0.1, -0.05) is 0 Å². The van der Waals surface area contributed by atoms with Gasteiger partial charge in [0.1, 0.15) is 0 Å². The van der Waals surface area contributed by atoms with Gasteiger partial charge in [-0.15, -0.1) is 0 Å². The van der Waals surface area contributed by atoms with Crippen LogP contribution in [0.1, 0.15) is 13.3 Å². The summed E-state index contributed by atoms with van der Waals surface area (Å²) in [6.07, 6.45) is 1.32. The second-order valence-electron chi connectivity index (χ2n) is 2.35. The molecule has 1 heterocycles. The molecule has 0 radical (unpaired) electrons. The van der Waals surface area contributed by atoms with Gasteiger partial charge in [0.05, 0.1) is 6.10 Å². The van der Waals surface area contributed by atoms with Crippen molar-refractivity contribution in [3.63, 3.8) is 0 Å². The van der Waals surface area contributed by atoms with Crippen LogP contribution in [0.2, 0.25) is 0 Å². The molecule has 2 atom stereocenters. The summed E-state index contributed by atoms with van der Waals surface area (Å²) >= 11 is 1.51. The zero-order valence-electron chi connectivity index (χ0n) is 5.54. The normalized spacial score (nSPS) is 36.7. The number of rotatable bonds is 1. The van der Waals surface area contributed by atoms with Crippen LogP contribution in [0.5, 0.6) is 0 Å². The van der Waals surface area contributed by atoms with E-state index in [-0.39, 0.29) is 12.7 Å². The smallest absolute Gasteiger partial charge is 0.0744 e. The van der Waals surface area contributed by atoms with Crippen molar-refractivity contribution in [3.8, 4) is 0 Å². The van der Waals surface area contributed by atoms with Crippen LogP contribution in [0.25, 0.3) is 0 Å². The molecule has 0 saturated carbocycles. The van der Waals surface area contributed by atoms with E-state index in [0.717, 1.165) is 12.2 Å². The van der Waals surface area contributed by atoms with E-state index in [9.17, 15) is 0 Å². The third-order valence-corrected chi connectivity index (χ3v) is 2.53. The van der Waals surface area contributed by atoms with Gasteiger partial charge in [0, 0.05) is 18.3 Å². The summed E-state index contributed by atoms with van der Waals surface area (Å²) in [7, 11) is 0. The van der Waals surface area contributed by atoms with Gasteiger partial charge in [0.15, 0.2) is 0 Å². The highest BCUT2D eigenvalue weighted by molar-refractivity contribution is 7.94. The summed E-state index contributed by atoms with van der Waals surface area (Å²) in [4.78, 5) is 0. The lowest BCUT2D eigenvalue weighted by Crippen LogP contribution is -2.26. The first-order valence-electron chi connectivity index (χ1n) is 3.23. The third-order valence-electron chi connectivity index (χ3n) is 1.69. The molecule has 1 N–H and O–H groups in total. The van der Waals surface area contributed by atoms with Crippen LogP contribution in [0.3, 0.4) is 0 Å². The molecule has 0 aliphatic carbocycles. The molecule has 9 heavy (non-hydrogen) atoms. The van der Waals surface area contributed by atoms with Crippen LogP contribution in [-0.2, 0) is 4.18 Å². The van der Waals surface area contributed by atoms with Crippen LogP contribution in [0.15, 0.2) is 0 Å². The van der Waals surface area contributed by atoms with Gasteiger partial charge < -0.3 is 9.29 Å². The van der Waals surface area contributed by atoms with Crippen molar-refractivity contribution in [2.45, 2.75) is 19.4 Å². The van der Waals surface area contributed by atoms with E-state index in [1.165, 1.54) is 12.0 Å². The number of hydrogen-bond donors (Lipinski definition) is 1. The van der Waals surface area contributed by atoms with Gasteiger partial charge in [-0.25, -0.2) is 0 Å². The highest BCUT2D eigenvalue weighted by atomic mass is 32.2. The Hall–Kier alpha value is 0.270. The first-order valence-corrected chi connectivity index (χ1v) is 4.15. The van der Waals surface area contributed by atoms with Crippen molar-refractivity contribution in [2.75, 3.05) is 12.4 Å². The fraction of sp³-hybridized carbons (Fsp3) is 1.00. The lowest BCUT2D eigenvalue weighted by Gasteiger charge is -2.25. The first kappa shape index (κ1) is 7.38. The zero-order valence-corrected chi connectivity index (χ0v) is 6.36. The summed E-state index contributed by atoms with van der Waals surface area (Å²) in [5.74, 6) is 1.39. The molecule has 1 fully saturated rings. The standard InChI is InChI=1S/C6H12O2S/c1-5-6(4-7)2-3-9-8-5/h5-7H,2-4H2,1H3. The molecule has 2 unspecified atom stereocenters. The van der Waals surface area contributed by atoms with E-state index in [0.29, 0.717) is 5.92 Å². The summed E-state index contributed by atoms with van der Waals surface area (Å²) in [6.45, 7) is 2.27. The van der Waals surface area contributed by atoms with Gasteiger partial charge in [0.2, 0.25) is 0 Å². The largest absolute Gasteiger partial charge is 0.396 e. The molecule has 0 bridgehead atoms. The highest BCUT2D eigenvalue weighted by Crippen LogP contribution is 2.25. The molecule has 0 amide bonds. The average molecular weight is 148 g/mol. The second kappa shape index (κ2) is 3.44. The van der Waals surface area contributed by atoms with Crippen molar-refractivity contribution in [1.29, 1.82) is 0 Å². The van der Waals surface area contributed by atoms with Crippen molar-refractivity contribution in [3.05, 3.63) is 0 Å². The van der Waals surface area contributed by atoms with Crippen molar-refractivity contribution in [2.24, 2.45) is 5.92 Å². The van der Waals surface area contributed by atoms with Crippen LogP contribution in [0.4, 0.5) is 0 Å². The third kappa shape index (κ3) is 1.85. The van der Waals surface area contributed by atoms with Gasteiger partial charge in [-0.3, -0.25) is 0 Å². The maximum Gasteiger partial charge on any atom is 0.0744 e. The Kier molecular flexibility index (Phi) is 2.82. The Balaban J connectivity index is 2.30. The van der Waals surface area contributed by atoms with E-state index in [1.54, 1.807) is 0 Å². The molecule has 1 aliphatic rings. The molecule has 0 aromatic rings. The summed E-state index contributed by atoms with van der Waals surface area (Å²) in [5, 5.41) is 8.77. The Labute approximate surface area is 59.8 Å². The van der Waals surface area contributed by atoms with E-state index in [1.807, 2.05) is 6.92 Å². The SMILES string of the molecule is CC1OSCCC1CO. The number of aliphatic hydroxyl groups excluding tert-OH is 1. The monoisotopic (exact) mass is 148 g/mol. The predicted molar refractivity (Wildman–Crippen MR) is 38.2 cm³/mol. The molecule has 3 heteroatoms. The van der Waals surface area contributed by atoms with Crippen LogP contribution in [0, 0.1) is 5.92 Å². The quantitative estimate of drug-likeness (QED) is 0.564. The van der Waals surface area contributed by atoms with Crippen molar-refractivity contribution in [1.82, 2.24) is 0 Å². The zero-order chi connectivity index (χ0) is 6.69. The molecular weight excluding hydrogens is 136 g/mol. The van der Waals surface area contributed by atoms with Crippen LogP contribution in [-0.4, -0.2) is 23.6 Å². The molecule has 0 aromatic carbocycles. The molecular formula is C6H12O2S. The summed E-state index contributed by atoms with van der Waals surface area (Å²) in [6, 6.07) is 0. The van der Waals surface area contributed by atoms with E-state index >= 15 is 0 Å². The molecule has 2 nitrogen and oxygen atoms in total. The Bertz CT molecular complexity index is 87.1. The molecule has 54 valence electrons. The molecule has 0 spiro atoms. The number of hydrogen-bond acceptors (Lipinski definition) is 3. The Morgan fingerprint density at radius 1 is 1.78 bits per heavy atom. The van der Waals surface area contributed by atoms with E-state index < -0.39 is 0 Å². The van der Waals surface area contributed by atoms with Gasteiger partial charge in [-0.2, -0.15) is 0 Å². The van der Waals surface area contributed by atoms with Crippen molar-refractivity contribution < 1.29 is 9.29 Å². The summed E-state index contributed by atoms with van der Waals surface area (Å²) in [5.41, 5.74) is 0. The lowest BCUT2D eigenvalue weighted by molar-refractivity contribution is 0.103. The van der Waals surface area contributed by atoms with Gasteiger partial charge in [-0.05, 0) is 25.4 Å². The van der Waals surface area contributed by atoms with Crippen molar-refractivity contribution >= 4 is 12.0 Å². The molecule has 1 saturated heterocycles. The van der Waals surface area contributed by atoms with Gasteiger partial charge >= 0.3 is 0 Å². The van der Waals surface area contributed by atoms with Gasteiger partial charge in [0.25, 0.3) is 0 Å². The fourth-order valence-electron chi connectivity index (χ4n) is 0.908. The molecule has 1 aliphatic heterocycles. The second-order valence-corrected chi connectivity index (χ2v) is 3.19. The lowest BCUT2D eigenvalue weighted by atomic mass is 10.0. The summed E-state index contributed by atoms with van der Waals surface area (Å²) < 4.78 is 5.24. The minimum absolute atomic E-state index is 0.230. The molecule has 1 rings (SSSR count).